The molecule has 0 amide bonds. The summed E-state index contributed by atoms with van der Waals surface area (Å²) >= 11 is 0. The Morgan fingerprint density at radius 2 is 1.00 bits per heavy atom. The van der Waals surface area contributed by atoms with Crippen molar-refractivity contribution in [2.45, 2.75) is 44.9 Å². The van der Waals surface area contributed by atoms with Crippen molar-refractivity contribution in [1.29, 1.82) is 0 Å². The van der Waals surface area contributed by atoms with Crippen LogP contribution in [0.4, 0.5) is 0 Å². The maximum atomic E-state index is 2.30. The van der Waals surface area contributed by atoms with Crippen molar-refractivity contribution in [3.05, 3.63) is 71.8 Å². The van der Waals surface area contributed by atoms with Crippen LogP contribution in [0.2, 0.25) is 0 Å². The molecule has 0 N–H and O–H groups in total. The molecule has 0 spiro atoms. The quantitative estimate of drug-likeness (QED) is 0.632. The summed E-state index contributed by atoms with van der Waals surface area (Å²) in [6.45, 7) is 0. The van der Waals surface area contributed by atoms with E-state index in [1.54, 1.807) is 0 Å². The third kappa shape index (κ3) is 4.20. The second-order valence-corrected chi connectivity index (χ2v) is 6.54. The molecular formula is C21H26. The first-order valence-electron chi connectivity index (χ1n) is 8.49. The Morgan fingerprint density at radius 1 is 0.571 bits per heavy atom. The molecule has 1 saturated carbocycles. The zero-order valence-electron chi connectivity index (χ0n) is 12.9. The molecule has 21 heavy (non-hydrogen) atoms. The fraction of sp³-hybridized carbons (Fsp3) is 0.429. The van der Waals surface area contributed by atoms with Crippen molar-refractivity contribution in [2.24, 2.45) is 11.8 Å². The third-order valence-corrected chi connectivity index (χ3v) is 5.00. The Kier molecular flexibility index (Phi) is 5.10. The molecule has 1 aliphatic carbocycles. The van der Waals surface area contributed by atoms with Gasteiger partial charge in [0.15, 0.2) is 0 Å². The average Bonchev–Trinajstić information content (AvgIpc) is 2.75. The summed E-state index contributed by atoms with van der Waals surface area (Å²) in [6.07, 6.45) is 9.61. The van der Waals surface area contributed by atoms with E-state index in [-0.39, 0.29) is 0 Å². The summed E-state index contributed by atoms with van der Waals surface area (Å²) in [6, 6.07) is 22.1. The van der Waals surface area contributed by atoms with Crippen LogP contribution in [0.25, 0.3) is 0 Å². The lowest BCUT2D eigenvalue weighted by Crippen LogP contribution is -2.18. The summed E-state index contributed by atoms with van der Waals surface area (Å²) in [7, 11) is 0. The van der Waals surface area contributed by atoms with Gasteiger partial charge < -0.3 is 0 Å². The molecule has 0 aromatic heterocycles. The van der Waals surface area contributed by atoms with Crippen LogP contribution in [0, 0.1) is 11.8 Å². The molecule has 0 aliphatic heterocycles. The summed E-state index contributed by atoms with van der Waals surface area (Å²) < 4.78 is 0. The summed E-state index contributed by atoms with van der Waals surface area (Å²) in [5, 5.41) is 0. The fourth-order valence-electron chi connectivity index (χ4n) is 3.83. The van der Waals surface area contributed by atoms with E-state index in [9.17, 15) is 0 Å². The predicted molar refractivity (Wildman–Crippen MR) is 90.4 cm³/mol. The summed E-state index contributed by atoms with van der Waals surface area (Å²) in [5.41, 5.74) is 3.03. The highest BCUT2D eigenvalue weighted by Gasteiger charge is 2.24. The van der Waals surface area contributed by atoms with Crippen molar-refractivity contribution >= 4 is 0 Å². The number of benzene rings is 2. The van der Waals surface area contributed by atoms with Gasteiger partial charge in [-0.05, 0) is 48.6 Å². The second-order valence-electron chi connectivity index (χ2n) is 6.54. The van der Waals surface area contributed by atoms with Gasteiger partial charge in [0.2, 0.25) is 0 Å². The molecule has 110 valence electrons. The molecule has 0 bridgehead atoms. The van der Waals surface area contributed by atoms with Crippen LogP contribution in [-0.4, -0.2) is 0 Å². The zero-order chi connectivity index (χ0) is 14.3. The number of hydrogen-bond donors (Lipinski definition) is 0. The molecule has 0 nitrogen and oxygen atoms in total. The van der Waals surface area contributed by atoms with E-state index in [4.69, 9.17) is 0 Å². The van der Waals surface area contributed by atoms with Gasteiger partial charge in [0.05, 0.1) is 0 Å². The van der Waals surface area contributed by atoms with E-state index in [2.05, 4.69) is 60.7 Å². The van der Waals surface area contributed by atoms with Gasteiger partial charge in [-0.2, -0.15) is 0 Å². The lowest BCUT2D eigenvalue weighted by atomic mass is 9.80. The SMILES string of the molecule is c1ccc(CC2CCCCCC2Cc2ccccc2)cc1. The Hall–Kier alpha value is -1.56. The normalized spacial score (nSPS) is 22.7. The van der Waals surface area contributed by atoms with Crippen molar-refractivity contribution in [1.82, 2.24) is 0 Å². The van der Waals surface area contributed by atoms with E-state index >= 15 is 0 Å². The Morgan fingerprint density at radius 3 is 1.43 bits per heavy atom. The van der Waals surface area contributed by atoms with Crippen LogP contribution in [0.5, 0.6) is 0 Å². The molecule has 0 saturated heterocycles. The minimum Gasteiger partial charge on any atom is -0.0622 e. The van der Waals surface area contributed by atoms with Gasteiger partial charge in [-0.25, -0.2) is 0 Å². The predicted octanol–water partition coefficient (Wildman–Crippen LogP) is 5.67. The smallest absolute Gasteiger partial charge is 0.0248 e. The maximum Gasteiger partial charge on any atom is -0.0248 e. The second kappa shape index (κ2) is 7.45. The standard InChI is InChI=1S/C21H26/c1-4-10-18(11-5-1)16-20-14-8-3-9-15-21(20)17-19-12-6-2-7-13-19/h1-2,4-7,10-13,20-21H,3,8-9,14-17H2. The molecule has 0 radical (unpaired) electrons. The highest BCUT2D eigenvalue weighted by Crippen LogP contribution is 2.33. The first-order valence-corrected chi connectivity index (χ1v) is 8.49. The summed E-state index contributed by atoms with van der Waals surface area (Å²) in [4.78, 5) is 0. The first-order chi connectivity index (χ1) is 10.4. The van der Waals surface area contributed by atoms with Crippen LogP contribution >= 0.6 is 0 Å². The van der Waals surface area contributed by atoms with Crippen LogP contribution in [0.15, 0.2) is 60.7 Å². The van der Waals surface area contributed by atoms with Crippen molar-refractivity contribution in [2.75, 3.05) is 0 Å². The molecular weight excluding hydrogens is 252 g/mol. The van der Waals surface area contributed by atoms with Crippen molar-refractivity contribution in [3.63, 3.8) is 0 Å². The van der Waals surface area contributed by atoms with Crippen LogP contribution in [0.1, 0.15) is 43.2 Å². The minimum absolute atomic E-state index is 0.857. The van der Waals surface area contributed by atoms with Gasteiger partial charge >= 0.3 is 0 Å². The molecule has 2 aromatic carbocycles. The highest BCUT2D eigenvalue weighted by molar-refractivity contribution is 5.17. The van der Waals surface area contributed by atoms with Crippen LogP contribution < -0.4 is 0 Å². The van der Waals surface area contributed by atoms with Crippen LogP contribution in [-0.2, 0) is 12.8 Å². The molecule has 2 atom stereocenters. The molecule has 2 unspecified atom stereocenters. The monoisotopic (exact) mass is 278 g/mol. The van der Waals surface area contributed by atoms with E-state index in [1.165, 1.54) is 56.1 Å². The topological polar surface area (TPSA) is 0 Å². The van der Waals surface area contributed by atoms with Gasteiger partial charge in [-0.15, -0.1) is 0 Å². The van der Waals surface area contributed by atoms with Crippen molar-refractivity contribution in [3.8, 4) is 0 Å². The molecule has 1 fully saturated rings. The van der Waals surface area contributed by atoms with Gasteiger partial charge in [0, 0.05) is 0 Å². The minimum atomic E-state index is 0.857. The lowest BCUT2D eigenvalue weighted by molar-refractivity contribution is 0.308. The number of rotatable bonds is 4. The molecule has 0 heterocycles. The van der Waals surface area contributed by atoms with Crippen molar-refractivity contribution < 1.29 is 0 Å². The fourth-order valence-corrected chi connectivity index (χ4v) is 3.83. The lowest BCUT2D eigenvalue weighted by Gasteiger charge is -2.25. The largest absolute Gasteiger partial charge is 0.0622 e. The van der Waals surface area contributed by atoms with E-state index in [0.717, 1.165) is 11.8 Å². The first kappa shape index (κ1) is 14.4. The Balaban J connectivity index is 1.71. The van der Waals surface area contributed by atoms with Gasteiger partial charge in [-0.3, -0.25) is 0 Å². The van der Waals surface area contributed by atoms with Crippen LogP contribution in [0.3, 0.4) is 0 Å². The van der Waals surface area contributed by atoms with Gasteiger partial charge in [0.1, 0.15) is 0 Å². The van der Waals surface area contributed by atoms with Gasteiger partial charge in [-0.1, -0.05) is 79.9 Å². The Labute approximate surface area is 129 Å². The zero-order valence-corrected chi connectivity index (χ0v) is 12.9. The molecule has 3 rings (SSSR count). The Bertz CT molecular complexity index is 465. The summed E-state index contributed by atoms with van der Waals surface area (Å²) in [5.74, 6) is 1.71. The van der Waals surface area contributed by atoms with E-state index in [0.29, 0.717) is 0 Å². The third-order valence-electron chi connectivity index (χ3n) is 5.00. The van der Waals surface area contributed by atoms with E-state index < -0.39 is 0 Å². The van der Waals surface area contributed by atoms with E-state index in [1.807, 2.05) is 0 Å². The average molecular weight is 278 g/mol. The molecule has 1 aliphatic rings. The number of hydrogen-bond acceptors (Lipinski definition) is 0. The van der Waals surface area contributed by atoms with Gasteiger partial charge in [0.25, 0.3) is 0 Å². The highest BCUT2D eigenvalue weighted by atomic mass is 14.3. The molecule has 0 heteroatoms. The molecule has 2 aromatic rings. The maximum absolute atomic E-state index is 2.30.